The van der Waals surface area contributed by atoms with E-state index in [-0.39, 0.29) is 0 Å². The normalized spacial score (nSPS) is 27.9. The minimum Gasteiger partial charge on any atom is -0.323 e. The molecule has 0 saturated carbocycles. The van der Waals surface area contributed by atoms with Gasteiger partial charge in [0.05, 0.1) is 0 Å². The molecule has 0 radical (unpaired) electrons. The molecule has 14 nitrogen and oxygen atoms in total. The number of para-hydroxylation sites is 2. The van der Waals surface area contributed by atoms with Gasteiger partial charge in [0.2, 0.25) is 30.0 Å². The third-order valence-electron chi connectivity index (χ3n) is 9.20. The molecule has 0 bridgehead atoms. The number of hydrogen-bond donors (Lipinski definition) is 6. The number of aryl methyl sites for hydroxylation is 2. The maximum Gasteiger partial charge on any atom is 0.258 e. The fourth-order valence-electron chi connectivity index (χ4n) is 6.58. The van der Waals surface area contributed by atoms with Gasteiger partial charge in [-0.3, -0.25) is 21.2 Å². The van der Waals surface area contributed by atoms with E-state index in [1.54, 1.807) is 0 Å². The van der Waals surface area contributed by atoms with Gasteiger partial charge < -0.3 is 10.2 Å². The van der Waals surface area contributed by atoms with E-state index >= 15 is 0 Å². The van der Waals surface area contributed by atoms with Crippen LogP contribution in [0.4, 0.5) is 11.4 Å². The van der Waals surface area contributed by atoms with Crippen LogP contribution in [-0.4, -0.2) is 48.6 Å². The molecule has 0 amide bonds. The van der Waals surface area contributed by atoms with E-state index in [9.17, 15) is 0 Å². The topological polar surface area (TPSA) is 181 Å². The second kappa shape index (κ2) is 21.6. The maximum absolute atomic E-state index is 6.81. The van der Waals surface area contributed by atoms with Crippen LogP contribution in [0.5, 0.6) is 0 Å². The number of benzene rings is 4. The molecular weight excluding hydrogens is 956 g/mol. The zero-order chi connectivity index (χ0) is 42.7. The Kier molecular flexibility index (Phi) is 17.4. The summed E-state index contributed by atoms with van der Waals surface area (Å²) in [5.41, 5.74) is 17.9. The second-order valence-corrected chi connectivity index (χ2v) is 34.2. The molecule has 4 aromatic carbocycles. The van der Waals surface area contributed by atoms with Crippen molar-refractivity contribution in [3.8, 4) is 0 Å². The van der Waals surface area contributed by atoms with E-state index < -0.39 is 41.8 Å². The zero-order valence-electron chi connectivity index (χ0n) is 33.5. The third kappa shape index (κ3) is 14.1. The Bertz CT molecular complexity index is 2220. The fourth-order valence-corrected chi connectivity index (χ4v) is 32.1. The quantitative estimate of drug-likeness (QED) is 0.0708. The third-order valence-corrected chi connectivity index (χ3v) is 30.7. The molecule has 4 aromatic rings. The van der Waals surface area contributed by atoms with Crippen molar-refractivity contribution in [3.63, 3.8) is 0 Å². The highest BCUT2D eigenvalue weighted by Gasteiger charge is 2.41. The number of unbranched alkanes of at least 4 members (excludes halogenated alkanes) is 1. The van der Waals surface area contributed by atoms with Gasteiger partial charge in [0, 0.05) is 50.6 Å². The van der Waals surface area contributed by atoms with E-state index in [1.165, 1.54) is 11.1 Å². The summed E-state index contributed by atoms with van der Waals surface area (Å²) in [5, 5.41) is 13.8. The van der Waals surface area contributed by atoms with E-state index in [0.29, 0.717) is 0 Å². The summed E-state index contributed by atoms with van der Waals surface area (Å²) < 4.78 is 33.6. The summed E-state index contributed by atoms with van der Waals surface area (Å²) in [5.74, 6) is -6.15. The van der Waals surface area contributed by atoms with Crippen molar-refractivity contribution in [2.45, 2.75) is 39.5 Å². The Morgan fingerprint density at radius 2 is 0.850 bits per heavy atom. The lowest BCUT2D eigenvalue weighted by molar-refractivity contribution is 0.365. The number of nitrogens with one attached hydrogen (secondary N) is 4. The first-order valence-corrected chi connectivity index (χ1v) is 33.3. The minimum absolute atomic E-state index is 0.731. The van der Waals surface area contributed by atoms with E-state index in [0.717, 1.165) is 76.3 Å². The first kappa shape index (κ1) is 48.2. The van der Waals surface area contributed by atoms with Gasteiger partial charge in [-0.2, -0.15) is 27.1 Å². The first-order valence-electron chi connectivity index (χ1n) is 19.5. The number of nitrogens with zero attached hydrogens (tertiary/aromatic N) is 8. The highest BCUT2D eigenvalue weighted by molar-refractivity contribution is 8.14. The van der Waals surface area contributed by atoms with Crippen LogP contribution in [0, 0.1) is 13.8 Å². The maximum atomic E-state index is 6.81. The van der Waals surface area contributed by atoms with Crippen LogP contribution in [0.3, 0.4) is 0 Å². The molecule has 0 aromatic heterocycles. The zero-order valence-corrected chi connectivity index (χ0v) is 41.9. The molecular formula is C36H54Cl4N14P6. The largest absolute Gasteiger partial charge is 0.323 e. The molecule has 2 spiro atoms. The molecule has 4 aliphatic rings. The second-order valence-electron chi connectivity index (χ2n) is 14.3. The van der Waals surface area contributed by atoms with Crippen molar-refractivity contribution in [2.75, 3.05) is 49.4 Å². The highest BCUT2D eigenvalue weighted by atomic mass is 35.9. The van der Waals surface area contributed by atoms with E-state index in [2.05, 4.69) is 76.8 Å². The van der Waals surface area contributed by atoms with Crippen LogP contribution in [0.1, 0.15) is 36.8 Å². The molecule has 4 atom stereocenters. The summed E-state index contributed by atoms with van der Waals surface area (Å²) in [6, 6.07) is 39.8. The van der Waals surface area contributed by atoms with Crippen molar-refractivity contribution >= 4 is 98.2 Å². The van der Waals surface area contributed by atoms with Gasteiger partial charge in [-0.05, 0) is 109 Å². The van der Waals surface area contributed by atoms with Gasteiger partial charge in [0.15, 0.2) is 0 Å². The molecule has 4 heterocycles. The molecule has 8 N–H and O–H groups in total. The standard InChI is InChI=1S/C22H38Cl4N14P6.2C7H8/c23-41(24)33-43(27,31-21-11-3-1-4-12-21)37-45(35-41)29-15-9-19-39(45)17-7-8-18-40-20-10-16-30-46(40)36-42(25,26)34-44(28,38-46)32-22-13-5-2-6-14-22;2*1-7-5-3-2-4-6-7/h1-6,11-14,29-32H,7-10,15-20,27-28H2;2*2-6H,1H3. The summed E-state index contributed by atoms with van der Waals surface area (Å²) in [4.78, 5) is 0. The average molecular weight is 1010 g/mol. The van der Waals surface area contributed by atoms with Gasteiger partial charge >= 0.3 is 0 Å². The fraction of sp³-hybridized carbons (Fsp3) is 0.333. The van der Waals surface area contributed by atoms with Gasteiger partial charge in [-0.25, -0.2) is 9.34 Å². The Labute approximate surface area is 374 Å². The Hall–Kier alpha value is -1.22. The number of halogens is 4. The van der Waals surface area contributed by atoms with Gasteiger partial charge in [0.1, 0.15) is 0 Å². The predicted octanol–water partition coefficient (Wildman–Crippen LogP) is 15.1. The summed E-state index contributed by atoms with van der Waals surface area (Å²) in [7, 11) is -11.3. The van der Waals surface area contributed by atoms with Crippen LogP contribution < -0.4 is 31.4 Å². The number of rotatable bonds is 9. The Morgan fingerprint density at radius 1 is 0.517 bits per heavy atom. The van der Waals surface area contributed by atoms with Crippen LogP contribution in [0.15, 0.2) is 148 Å². The summed E-state index contributed by atoms with van der Waals surface area (Å²) in [6.07, 6.45) is 3.61. The average Bonchev–Trinajstić information content (AvgIpc) is 3.18. The van der Waals surface area contributed by atoms with Crippen molar-refractivity contribution in [3.05, 3.63) is 132 Å². The van der Waals surface area contributed by atoms with Crippen molar-refractivity contribution < 1.29 is 0 Å². The molecule has 4 unspecified atom stereocenters. The monoisotopic (exact) mass is 1010 g/mol. The predicted molar refractivity (Wildman–Crippen MR) is 268 cm³/mol. The SMILES string of the molecule is Cc1ccccc1.Cc1ccccc1.NP1(Nc2ccccc2)=NP2(=NP(Cl)(Cl)=N1)NCCCN2CCCCN1CCCNP12=NP(Cl)(Cl)=NP(N)(Nc1ccccc1)=N2. The van der Waals surface area contributed by atoms with Gasteiger partial charge in [-0.15, -0.1) is 0 Å². The first-order chi connectivity index (χ1) is 28.6. The molecule has 2 saturated heterocycles. The van der Waals surface area contributed by atoms with Crippen molar-refractivity contribution in [2.24, 2.45) is 38.1 Å². The van der Waals surface area contributed by atoms with Gasteiger partial charge in [0.25, 0.3) is 11.8 Å². The van der Waals surface area contributed by atoms with Crippen molar-refractivity contribution in [1.82, 2.24) is 19.5 Å². The Morgan fingerprint density at radius 3 is 1.17 bits per heavy atom. The molecule has 60 heavy (non-hydrogen) atoms. The number of anilines is 2. The molecule has 4 aliphatic heterocycles. The molecule has 8 rings (SSSR count). The van der Waals surface area contributed by atoms with Crippen LogP contribution >= 0.6 is 86.8 Å². The number of hydrogen-bond acceptors (Lipinski definition) is 14. The van der Waals surface area contributed by atoms with Crippen molar-refractivity contribution in [1.29, 1.82) is 0 Å². The van der Waals surface area contributed by atoms with E-state index in [4.69, 9.17) is 74.0 Å². The molecule has 2 fully saturated rings. The smallest absolute Gasteiger partial charge is 0.258 e. The molecule has 0 aliphatic carbocycles. The van der Waals surface area contributed by atoms with Crippen LogP contribution in [-0.2, 0) is 0 Å². The Balaban J connectivity index is 0.000000363. The summed E-state index contributed by atoms with van der Waals surface area (Å²) in [6.45, 7) is 8.73. The minimum atomic E-state index is -3.07. The van der Waals surface area contributed by atoms with E-state index in [1.807, 2.05) is 97.1 Å². The van der Waals surface area contributed by atoms with Gasteiger partial charge in [-0.1, -0.05) is 108 Å². The van der Waals surface area contributed by atoms with Crippen LogP contribution in [0.2, 0.25) is 0 Å². The summed E-state index contributed by atoms with van der Waals surface area (Å²) >= 11 is 26.9. The lowest BCUT2D eigenvalue weighted by Crippen LogP contribution is -2.38. The molecule has 24 heteroatoms. The van der Waals surface area contributed by atoms with Crippen LogP contribution in [0.25, 0.3) is 0 Å². The molecule has 326 valence electrons. The lowest BCUT2D eigenvalue weighted by Gasteiger charge is -2.42. The highest BCUT2D eigenvalue weighted by Crippen LogP contribution is 2.81. The lowest BCUT2D eigenvalue weighted by atomic mass is 10.2. The number of nitrogens with two attached hydrogens (primary N) is 2.